The summed E-state index contributed by atoms with van der Waals surface area (Å²) < 4.78 is 21.5. The summed E-state index contributed by atoms with van der Waals surface area (Å²) in [6.45, 7) is 13.9. The zero-order valence-corrected chi connectivity index (χ0v) is 17.6. The van der Waals surface area contributed by atoms with E-state index in [0.717, 1.165) is 6.92 Å². The van der Waals surface area contributed by atoms with Gasteiger partial charge in [0, 0.05) is 23.6 Å². The van der Waals surface area contributed by atoms with E-state index < -0.39 is 59.8 Å². The average Bonchev–Trinajstić information content (AvgIpc) is 2.90. The Hall–Kier alpha value is -2.94. The van der Waals surface area contributed by atoms with Crippen LogP contribution in [0.4, 0.5) is 0 Å². The Balaban J connectivity index is 2.73. The van der Waals surface area contributed by atoms with Crippen molar-refractivity contribution in [3.8, 4) is 0 Å². The van der Waals surface area contributed by atoms with Crippen molar-refractivity contribution in [2.45, 2.75) is 64.6 Å². The van der Waals surface area contributed by atoms with Gasteiger partial charge in [-0.2, -0.15) is 0 Å². The smallest absolute Gasteiger partial charge is 0.334 e. The molecule has 0 aromatic carbocycles. The summed E-state index contributed by atoms with van der Waals surface area (Å²) in [4.78, 5) is 48.9. The summed E-state index contributed by atoms with van der Waals surface area (Å²) in [5.74, 6) is -4.18. The van der Waals surface area contributed by atoms with Crippen molar-refractivity contribution < 1.29 is 43.2 Å². The fourth-order valence-corrected chi connectivity index (χ4v) is 3.29. The van der Waals surface area contributed by atoms with Crippen LogP contribution in [0.5, 0.6) is 0 Å². The maximum absolute atomic E-state index is 12.4. The van der Waals surface area contributed by atoms with Crippen LogP contribution in [-0.2, 0) is 38.1 Å². The molecule has 0 saturated carbocycles. The average molecular weight is 422 g/mol. The van der Waals surface area contributed by atoms with Gasteiger partial charge in [0.2, 0.25) is 0 Å². The quantitative estimate of drug-likeness (QED) is 0.405. The van der Waals surface area contributed by atoms with Gasteiger partial charge in [0.1, 0.15) is 17.8 Å². The molecule has 9 nitrogen and oxygen atoms in total. The molecule has 2 aliphatic heterocycles. The van der Waals surface area contributed by atoms with Gasteiger partial charge in [0.25, 0.3) is 0 Å². The summed E-state index contributed by atoms with van der Waals surface area (Å²) in [6.07, 6.45) is -3.80. The number of carbonyl (C=O) groups is 4. The first kappa shape index (κ1) is 23.3. The Kier molecular flexibility index (Phi) is 6.56. The van der Waals surface area contributed by atoms with E-state index in [2.05, 4.69) is 13.2 Å². The molecule has 2 heterocycles. The van der Waals surface area contributed by atoms with E-state index in [1.165, 1.54) is 33.8 Å². The summed E-state index contributed by atoms with van der Waals surface area (Å²) in [5.41, 5.74) is -1.90. The van der Waals surface area contributed by atoms with E-state index in [9.17, 15) is 24.3 Å². The highest BCUT2D eigenvalue weighted by Crippen LogP contribution is 2.39. The fraction of sp³-hybridized carbons (Fsp3) is 0.524. The molecular formula is C21H26O9. The Labute approximate surface area is 174 Å². The largest absolute Gasteiger partial charge is 0.456 e. The van der Waals surface area contributed by atoms with Crippen LogP contribution in [0.1, 0.15) is 34.6 Å². The van der Waals surface area contributed by atoms with E-state index in [1.807, 2.05) is 0 Å². The molecule has 0 spiro atoms. The van der Waals surface area contributed by atoms with Gasteiger partial charge in [-0.15, -0.1) is 0 Å². The minimum atomic E-state index is -2.00. The first-order chi connectivity index (χ1) is 13.8. The zero-order chi connectivity index (χ0) is 23.0. The molecule has 30 heavy (non-hydrogen) atoms. The molecule has 0 amide bonds. The van der Waals surface area contributed by atoms with Crippen molar-refractivity contribution in [3.05, 3.63) is 36.0 Å². The van der Waals surface area contributed by atoms with Gasteiger partial charge in [-0.3, -0.25) is 4.79 Å². The summed E-state index contributed by atoms with van der Waals surface area (Å²) in [6, 6.07) is 0. The van der Waals surface area contributed by atoms with Crippen molar-refractivity contribution >= 4 is 23.9 Å². The van der Waals surface area contributed by atoms with Gasteiger partial charge < -0.3 is 24.1 Å². The lowest BCUT2D eigenvalue weighted by atomic mass is 9.79. The van der Waals surface area contributed by atoms with E-state index in [1.54, 1.807) is 0 Å². The van der Waals surface area contributed by atoms with Crippen LogP contribution in [0.15, 0.2) is 36.0 Å². The highest BCUT2D eigenvalue weighted by molar-refractivity contribution is 5.93. The topological polar surface area (TPSA) is 125 Å². The molecular weight excluding hydrogens is 396 g/mol. The standard InChI is InChI=1S/C21H26O9/c1-9(2)18(23)30-16-15-11(4)20(25)29-14(15)8-10(3)19(24)27-12(5)21(7,26)17(16)28-13(6)22/h8,12,14-17,26H,1,4H2,2-3,5-7H3/b10-8-/t12-,14-,15-,16-,17-,21-/m0/s1. The number of hydrogen-bond donors (Lipinski definition) is 1. The lowest BCUT2D eigenvalue weighted by Crippen LogP contribution is -2.60. The molecule has 1 saturated heterocycles. The Morgan fingerprint density at radius 3 is 2.30 bits per heavy atom. The molecule has 0 radical (unpaired) electrons. The van der Waals surface area contributed by atoms with Crippen molar-refractivity contribution in [3.63, 3.8) is 0 Å². The zero-order valence-electron chi connectivity index (χ0n) is 17.6. The Bertz CT molecular complexity index is 835. The summed E-state index contributed by atoms with van der Waals surface area (Å²) in [7, 11) is 0. The van der Waals surface area contributed by atoms with Crippen LogP contribution in [-0.4, -0.2) is 59.0 Å². The second-order valence-electron chi connectivity index (χ2n) is 7.72. The van der Waals surface area contributed by atoms with Gasteiger partial charge >= 0.3 is 23.9 Å². The Morgan fingerprint density at radius 1 is 1.17 bits per heavy atom. The SMILES string of the molecule is C=C(C)C(=O)O[C@H]1[C@H]2C(=C)C(=O)O[C@H]2/C=C(/C)C(=O)O[C@@H](C)[C@](C)(O)[C@H]1OC(C)=O. The predicted molar refractivity (Wildman–Crippen MR) is 103 cm³/mol. The van der Waals surface area contributed by atoms with E-state index in [-0.39, 0.29) is 16.7 Å². The molecule has 164 valence electrons. The number of carbonyl (C=O) groups excluding carboxylic acids is 4. The highest BCUT2D eigenvalue weighted by Gasteiger charge is 2.56. The second-order valence-corrected chi connectivity index (χ2v) is 7.72. The third-order valence-corrected chi connectivity index (χ3v) is 5.22. The van der Waals surface area contributed by atoms with E-state index in [4.69, 9.17) is 18.9 Å². The van der Waals surface area contributed by atoms with Gasteiger partial charge in [0.05, 0.1) is 5.92 Å². The summed E-state index contributed by atoms with van der Waals surface area (Å²) in [5, 5.41) is 11.2. The number of rotatable bonds is 3. The van der Waals surface area contributed by atoms with Crippen LogP contribution in [0, 0.1) is 5.92 Å². The maximum Gasteiger partial charge on any atom is 0.334 e. The van der Waals surface area contributed by atoms with Crippen molar-refractivity contribution in [2.24, 2.45) is 5.92 Å². The van der Waals surface area contributed by atoms with Gasteiger partial charge in [-0.25, -0.2) is 14.4 Å². The van der Waals surface area contributed by atoms with Crippen LogP contribution >= 0.6 is 0 Å². The third kappa shape index (κ3) is 4.46. The predicted octanol–water partition coefficient (Wildman–Crippen LogP) is 1.15. The third-order valence-electron chi connectivity index (χ3n) is 5.22. The lowest BCUT2D eigenvalue weighted by molar-refractivity contribution is -0.214. The van der Waals surface area contributed by atoms with Gasteiger partial charge in [0.15, 0.2) is 12.2 Å². The van der Waals surface area contributed by atoms with Crippen molar-refractivity contribution in [2.75, 3.05) is 0 Å². The van der Waals surface area contributed by atoms with Crippen molar-refractivity contribution in [1.29, 1.82) is 0 Å². The number of esters is 4. The Morgan fingerprint density at radius 2 is 1.77 bits per heavy atom. The number of hydrogen-bond acceptors (Lipinski definition) is 9. The molecule has 9 heteroatoms. The maximum atomic E-state index is 12.4. The first-order valence-corrected chi connectivity index (χ1v) is 9.32. The minimum absolute atomic E-state index is 0.0481. The lowest BCUT2D eigenvalue weighted by Gasteiger charge is -2.42. The molecule has 2 aliphatic rings. The molecule has 0 aromatic rings. The number of aliphatic hydroxyl groups is 1. The highest BCUT2D eigenvalue weighted by atomic mass is 16.6. The molecule has 1 fully saturated rings. The minimum Gasteiger partial charge on any atom is -0.456 e. The van der Waals surface area contributed by atoms with Crippen LogP contribution < -0.4 is 0 Å². The number of cyclic esters (lactones) is 1. The first-order valence-electron chi connectivity index (χ1n) is 9.32. The van der Waals surface area contributed by atoms with Crippen LogP contribution in [0.25, 0.3) is 0 Å². The van der Waals surface area contributed by atoms with Crippen LogP contribution in [0.2, 0.25) is 0 Å². The second kappa shape index (κ2) is 8.43. The molecule has 1 N–H and O–H groups in total. The molecule has 0 bridgehead atoms. The monoisotopic (exact) mass is 422 g/mol. The van der Waals surface area contributed by atoms with E-state index >= 15 is 0 Å². The molecule has 6 atom stereocenters. The molecule has 0 unspecified atom stereocenters. The fourth-order valence-electron chi connectivity index (χ4n) is 3.29. The van der Waals surface area contributed by atoms with E-state index in [0.29, 0.717) is 0 Å². The summed E-state index contributed by atoms with van der Waals surface area (Å²) >= 11 is 0. The molecule has 0 aromatic heterocycles. The normalized spacial score (nSPS) is 35.9. The number of ether oxygens (including phenoxy) is 4. The van der Waals surface area contributed by atoms with Gasteiger partial charge in [-0.05, 0) is 33.8 Å². The molecule has 0 aliphatic carbocycles. The van der Waals surface area contributed by atoms with Gasteiger partial charge in [-0.1, -0.05) is 13.2 Å². The van der Waals surface area contributed by atoms with Crippen LogP contribution in [0.3, 0.4) is 0 Å². The molecule has 2 rings (SSSR count). The number of fused-ring (bicyclic) bond motifs is 1. The van der Waals surface area contributed by atoms with Crippen molar-refractivity contribution in [1.82, 2.24) is 0 Å².